The molecule has 116 valence electrons. The highest BCUT2D eigenvalue weighted by atomic mass is 19.1. The average molecular weight is 311 g/mol. The summed E-state index contributed by atoms with van der Waals surface area (Å²) < 4.78 is 24.4. The third kappa shape index (κ3) is 3.13. The molecular weight excluding hydrogens is 297 g/mol. The lowest BCUT2D eigenvalue weighted by atomic mass is 10.2. The van der Waals surface area contributed by atoms with Crippen molar-refractivity contribution in [1.29, 1.82) is 0 Å². The molecule has 1 heterocycles. The molecule has 2 aromatic rings. The molecule has 0 N–H and O–H groups in total. The Kier molecular flexibility index (Phi) is 4.19. The second-order valence-corrected chi connectivity index (χ2v) is 4.79. The van der Waals surface area contributed by atoms with Gasteiger partial charge in [-0.25, -0.2) is 14.2 Å². The second kappa shape index (κ2) is 6.44. The van der Waals surface area contributed by atoms with Crippen LogP contribution in [0.2, 0.25) is 0 Å². The van der Waals surface area contributed by atoms with Crippen LogP contribution in [0.5, 0.6) is 5.75 Å². The molecule has 5 heteroatoms. The Labute approximate surface area is 132 Å². The van der Waals surface area contributed by atoms with Gasteiger partial charge in [-0.15, -0.1) is 0 Å². The molecular formula is C18H14FNO3. The zero-order valence-corrected chi connectivity index (χ0v) is 12.5. The molecule has 0 radical (unpaired) electrons. The molecule has 0 saturated heterocycles. The normalized spacial score (nSPS) is 15.5. The molecule has 1 aliphatic rings. The van der Waals surface area contributed by atoms with E-state index < -0.39 is 11.8 Å². The van der Waals surface area contributed by atoms with E-state index in [0.717, 1.165) is 0 Å². The number of ether oxygens (including phenoxy) is 2. The maximum Gasteiger partial charge on any atom is 0.363 e. The Balaban J connectivity index is 1.98. The zero-order chi connectivity index (χ0) is 16.2. The number of hydrogen-bond donors (Lipinski definition) is 0. The van der Waals surface area contributed by atoms with E-state index >= 15 is 0 Å². The summed E-state index contributed by atoms with van der Waals surface area (Å²) in [6.45, 7) is 2.35. The number of aliphatic imine (C=N–C) groups is 1. The van der Waals surface area contributed by atoms with Crippen molar-refractivity contribution in [1.82, 2.24) is 0 Å². The fraction of sp³-hybridized carbons (Fsp3) is 0.111. The smallest absolute Gasteiger partial charge is 0.363 e. The molecule has 0 spiro atoms. The topological polar surface area (TPSA) is 47.9 Å². The Morgan fingerprint density at radius 2 is 1.91 bits per heavy atom. The standard InChI is InChI=1S/C18H14FNO3/c1-2-22-16-10-6-4-8-13(16)17-20-15(18(21)23-17)11-12-7-3-5-9-14(12)19/h3-11H,2H2,1H3/b15-11-. The van der Waals surface area contributed by atoms with E-state index in [1.165, 1.54) is 12.1 Å². The summed E-state index contributed by atoms with van der Waals surface area (Å²) in [6.07, 6.45) is 1.37. The molecule has 0 aliphatic carbocycles. The Hall–Kier alpha value is -2.95. The summed E-state index contributed by atoms with van der Waals surface area (Å²) in [5.41, 5.74) is 0.915. The lowest BCUT2D eigenvalue weighted by molar-refractivity contribution is -0.129. The van der Waals surface area contributed by atoms with Gasteiger partial charge in [0.2, 0.25) is 5.90 Å². The molecule has 3 rings (SSSR count). The van der Waals surface area contributed by atoms with E-state index in [9.17, 15) is 9.18 Å². The van der Waals surface area contributed by atoms with E-state index in [1.807, 2.05) is 13.0 Å². The van der Waals surface area contributed by atoms with Gasteiger partial charge in [0.1, 0.15) is 11.6 Å². The minimum atomic E-state index is -0.616. The minimum absolute atomic E-state index is 0.0522. The van der Waals surface area contributed by atoms with Gasteiger partial charge in [0.15, 0.2) is 5.70 Å². The summed E-state index contributed by atoms with van der Waals surface area (Å²) in [5, 5.41) is 0. The molecule has 0 fully saturated rings. The third-order valence-electron chi connectivity index (χ3n) is 3.24. The maximum atomic E-state index is 13.7. The summed E-state index contributed by atoms with van der Waals surface area (Å²) in [5.74, 6) is -0.309. The molecule has 0 unspecified atom stereocenters. The van der Waals surface area contributed by atoms with Crippen LogP contribution in [0.4, 0.5) is 4.39 Å². The molecule has 23 heavy (non-hydrogen) atoms. The SMILES string of the molecule is CCOc1ccccc1C1=N/C(=C\c2ccccc2F)C(=O)O1. The number of halogens is 1. The van der Waals surface area contributed by atoms with Gasteiger partial charge in [-0.2, -0.15) is 0 Å². The van der Waals surface area contributed by atoms with Crippen molar-refractivity contribution < 1.29 is 18.7 Å². The van der Waals surface area contributed by atoms with Crippen LogP contribution >= 0.6 is 0 Å². The van der Waals surface area contributed by atoms with Crippen molar-refractivity contribution in [3.05, 3.63) is 71.2 Å². The van der Waals surface area contributed by atoms with Crippen molar-refractivity contribution in [2.75, 3.05) is 6.61 Å². The van der Waals surface area contributed by atoms with Crippen LogP contribution in [0.1, 0.15) is 18.1 Å². The van der Waals surface area contributed by atoms with Crippen LogP contribution in [0, 0.1) is 5.82 Å². The first-order valence-electron chi connectivity index (χ1n) is 7.18. The van der Waals surface area contributed by atoms with E-state index in [2.05, 4.69) is 4.99 Å². The molecule has 0 aromatic heterocycles. The lowest BCUT2D eigenvalue weighted by Crippen LogP contribution is -2.07. The van der Waals surface area contributed by atoms with Crippen molar-refractivity contribution in [2.45, 2.75) is 6.92 Å². The van der Waals surface area contributed by atoms with Crippen molar-refractivity contribution in [3.63, 3.8) is 0 Å². The van der Waals surface area contributed by atoms with Gasteiger partial charge >= 0.3 is 5.97 Å². The Morgan fingerprint density at radius 3 is 2.70 bits per heavy atom. The average Bonchev–Trinajstić information content (AvgIpc) is 2.91. The van der Waals surface area contributed by atoms with Crippen molar-refractivity contribution in [3.8, 4) is 5.75 Å². The number of esters is 1. The number of benzene rings is 2. The molecule has 0 saturated carbocycles. The number of nitrogens with zero attached hydrogens (tertiary/aromatic N) is 1. The first-order chi connectivity index (χ1) is 11.2. The van der Waals surface area contributed by atoms with Crippen LogP contribution < -0.4 is 4.74 Å². The largest absolute Gasteiger partial charge is 0.493 e. The number of hydrogen-bond acceptors (Lipinski definition) is 4. The van der Waals surface area contributed by atoms with Crippen molar-refractivity contribution in [2.24, 2.45) is 4.99 Å². The molecule has 4 nitrogen and oxygen atoms in total. The molecule has 1 aliphatic heterocycles. The van der Waals surface area contributed by atoms with Gasteiger partial charge in [-0.3, -0.25) is 0 Å². The number of cyclic esters (lactones) is 1. The maximum absolute atomic E-state index is 13.7. The highest BCUT2D eigenvalue weighted by molar-refractivity contribution is 6.13. The van der Waals surface area contributed by atoms with Gasteiger partial charge in [0.05, 0.1) is 12.2 Å². The number of para-hydroxylation sites is 1. The minimum Gasteiger partial charge on any atom is -0.493 e. The molecule has 2 aromatic carbocycles. The van der Waals surface area contributed by atoms with Gasteiger partial charge < -0.3 is 9.47 Å². The molecule has 0 bridgehead atoms. The summed E-state index contributed by atoms with van der Waals surface area (Å²) >= 11 is 0. The zero-order valence-electron chi connectivity index (χ0n) is 12.5. The van der Waals surface area contributed by atoms with Crippen LogP contribution in [0.15, 0.2) is 59.2 Å². The number of rotatable bonds is 4. The number of carbonyl (C=O) groups is 1. The second-order valence-electron chi connectivity index (χ2n) is 4.79. The fourth-order valence-corrected chi connectivity index (χ4v) is 2.19. The summed E-state index contributed by atoms with van der Waals surface area (Å²) in [6, 6.07) is 13.3. The van der Waals surface area contributed by atoms with Crippen LogP contribution in [0.25, 0.3) is 6.08 Å². The fourth-order valence-electron chi connectivity index (χ4n) is 2.19. The van der Waals surface area contributed by atoms with E-state index in [-0.39, 0.29) is 17.2 Å². The van der Waals surface area contributed by atoms with E-state index in [1.54, 1.807) is 36.4 Å². The quantitative estimate of drug-likeness (QED) is 0.640. The monoisotopic (exact) mass is 311 g/mol. The third-order valence-corrected chi connectivity index (χ3v) is 3.24. The van der Waals surface area contributed by atoms with Crippen LogP contribution in [-0.2, 0) is 9.53 Å². The van der Waals surface area contributed by atoms with Gasteiger partial charge in [-0.05, 0) is 31.2 Å². The van der Waals surface area contributed by atoms with Gasteiger partial charge in [0, 0.05) is 5.56 Å². The molecule has 0 atom stereocenters. The first kappa shape index (κ1) is 15.0. The molecule has 0 amide bonds. The first-order valence-corrected chi connectivity index (χ1v) is 7.18. The number of carbonyl (C=O) groups excluding carboxylic acids is 1. The van der Waals surface area contributed by atoms with Gasteiger partial charge in [0.25, 0.3) is 0 Å². The van der Waals surface area contributed by atoms with Gasteiger partial charge in [-0.1, -0.05) is 30.3 Å². The highest BCUT2D eigenvalue weighted by Gasteiger charge is 2.26. The summed E-state index contributed by atoms with van der Waals surface area (Å²) in [4.78, 5) is 16.2. The van der Waals surface area contributed by atoms with Crippen molar-refractivity contribution >= 4 is 17.9 Å². The van der Waals surface area contributed by atoms with E-state index in [0.29, 0.717) is 17.9 Å². The van der Waals surface area contributed by atoms with Crippen LogP contribution in [0.3, 0.4) is 0 Å². The van der Waals surface area contributed by atoms with E-state index in [4.69, 9.17) is 9.47 Å². The van der Waals surface area contributed by atoms with Crippen LogP contribution in [-0.4, -0.2) is 18.5 Å². The lowest BCUT2D eigenvalue weighted by Gasteiger charge is -2.08. The predicted octanol–water partition coefficient (Wildman–Crippen LogP) is 3.57. The summed E-state index contributed by atoms with van der Waals surface area (Å²) in [7, 11) is 0. The Morgan fingerprint density at radius 1 is 1.17 bits per heavy atom. The Bertz CT molecular complexity index is 811. The predicted molar refractivity (Wildman–Crippen MR) is 84.6 cm³/mol. The highest BCUT2D eigenvalue weighted by Crippen LogP contribution is 2.25.